The fourth-order valence-corrected chi connectivity index (χ4v) is 3.28. The zero-order chi connectivity index (χ0) is 23.5. The van der Waals surface area contributed by atoms with Gasteiger partial charge in [-0.3, -0.25) is 0 Å². The third-order valence-corrected chi connectivity index (χ3v) is 5.11. The lowest BCUT2D eigenvalue weighted by atomic mass is 10.1. The summed E-state index contributed by atoms with van der Waals surface area (Å²) in [7, 11) is 4.00. The second-order valence-electron chi connectivity index (χ2n) is 8.11. The molecule has 170 valence electrons. The Balaban J connectivity index is 1.61. The Morgan fingerprint density at radius 2 is 1.64 bits per heavy atom. The number of rotatable bonds is 10. The Hall–Kier alpha value is -3.82. The molecule has 2 amide bonds. The Bertz CT molecular complexity index is 1060. The van der Waals surface area contributed by atoms with E-state index in [-0.39, 0.29) is 6.03 Å². The van der Waals surface area contributed by atoms with Gasteiger partial charge in [-0.25, -0.2) is 4.79 Å². The predicted molar refractivity (Wildman–Crippen MR) is 131 cm³/mol. The van der Waals surface area contributed by atoms with Crippen LogP contribution in [0.25, 0.3) is 0 Å². The number of nitrogens with one attached hydrogen (secondary N) is 1. The van der Waals surface area contributed by atoms with Gasteiger partial charge in [-0.15, -0.1) is 0 Å². The van der Waals surface area contributed by atoms with Crippen molar-refractivity contribution in [1.82, 2.24) is 9.80 Å². The Kier molecular flexibility index (Phi) is 8.87. The maximum atomic E-state index is 13.0. The number of amides is 2. The maximum Gasteiger partial charge on any atom is 0.322 e. The molecule has 0 aromatic heterocycles. The van der Waals surface area contributed by atoms with Crippen LogP contribution in [0.4, 0.5) is 10.5 Å². The molecular formula is C27H30N4O2. The third-order valence-electron chi connectivity index (χ3n) is 5.11. The number of hydrogen-bond donors (Lipinski definition) is 1. The number of urea groups is 1. The number of nitrogens with zero attached hydrogens (tertiary/aromatic N) is 3. The van der Waals surface area contributed by atoms with E-state index in [1.807, 2.05) is 97.9 Å². The van der Waals surface area contributed by atoms with Crippen LogP contribution in [-0.4, -0.2) is 43.0 Å². The zero-order valence-electron chi connectivity index (χ0n) is 19.2. The normalized spacial score (nSPS) is 10.5. The molecule has 0 spiro atoms. The molecule has 0 saturated carbocycles. The first-order valence-corrected chi connectivity index (χ1v) is 11.0. The molecule has 0 aliphatic heterocycles. The highest BCUT2D eigenvalue weighted by Crippen LogP contribution is 2.17. The molecule has 0 unspecified atom stereocenters. The van der Waals surface area contributed by atoms with Crippen molar-refractivity contribution >= 4 is 11.7 Å². The van der Waals surface area contributed by atoms with Crippen molar-refractivity contribution in [3.8, 4) is 11.8 Å². The van der Waals surface area contributed by atoms with Crippen molar-refractivity contribution in [2.45, 2.75) is 19.6 Å². The van der Waals surface area contributed by atoms with Gasteiger partial charge in [0.1, 0.15) is 12.4 Å². The minimum Gasteiger partial charge on any atom is -0.489 e. The lowest BCUT2D eigenvalue weighted by Crippen LogP contribution is -2.39. The number of benzene rings is 3. The molecule has 6 nitrogen and oxygen atoms in total. The third kappa shape index (κ3) is 7.99. The maximum absolute atomic E-state index is 13.0. The molecule has 33 heavy (non-hydrogen) atoms. The Morgan fingerprint density at radius 3 is 2.33 bits per heavy atom. The molecule has 3 rings (SSSR count). The van der Waals surface area contributed by atoms with Gasteiger partial charge in [0.15, 0.2) is 0 Å². The lowest BCUT2D eigenvalue weighted by Gasteiger charge is -2.25. The second-order valence-corrected chi connectivity index (χ2v) is 8.11. The summed E-state index contributed by atoms with van der Waals surface area (Å²) in [6, 6.07) is 27.2. The summed E-state index contributed by atoms with van der Waals surface area (Å²) in [5.41, 5.74) is 3.74. The fourth-order valence-electron chi connectivity index (χ4n) is 3.28. The number of nitriles is 1. The molecule has 3 aromatic rings. The predicted octanol–water partition coefficient (Wildman–Crippen LogP) is 4.93. The van der Waals surface area contributed by atoms with Gasteiger partial charge < -0.3 is 19.9 Å². The van der Waals surface area contributed by atoms with Gasteiger partial charge in [0.25, 0.3) is 0 Å². The topological polar surface area (TPSA) is 68.6 Å². The number of ether oxygens (including phenoxy) is 1. The van der Waals surface area contributed by atoms with Crippen molar-refractivity contribution in [3.05, 3.63) is 95.6 Å². The van der Waals surface area contributed by atoms with E-state index in [9.17, 15) is 4.79 Å². The van der Waals surface area contributed by atoms with Gasteiger partial charge in [0, 0.05) is 25.3 Å². The molecule has 6 heteroatoms. The molecule has 0 fully saturated rings. The van der Waals surface area contributed by atoms with Gasteiger partial charge >= 0.3 is 6.03 Å². The summed E-state index contributed by atoms with van der Waals surface area (Å²) in [4.78, 5) is 16.9. The number of hydrogen-bond acceptors (Lipinski definition) is 4. The van der Waals surface area contributed by atoms with Crippen LogP contribution in [0.2, 0.25) is 0 Å². The number of carbonyl (C=O) groups excluding carboxylic acids is 1. The standard InChI is InChI=1S/C27H30N4O2/c1-30(2)17-18-31(20-23-7-4-3-5-8-23)27(32)29-25-10-6-9-24(19-25)21-33-26-13-11-22(12-14-26)15-16-28/h3-14,19H,15,17-18,20-21H2,1-2H3,(H,29,32). The van der Waals surface area contributed by atoms with Crippen molar-refractivity contribution in [1.29, 1.82) is 5.26 Å². The van der Waals surface area contributed by atoms with E-state index in [0.717, 1.165) is 34.7 Å². The van der Waals surface area contributed by atoms with E-state index in [4.69, 9.17) is 10.00 Å². The summed E-state index contributed by atoms with van der Waals surface area (Å²) < 4.78 is 5.86. The SMILES string of the molecule is CN(C)CCN(Cc1ccccc1)C(=O)Nc1cccc(COc2ccc(CC#N)cc2)c1. The van der Waals surface area contributed by atoms with E-state index in [1.165, 1.54) is 0 Å². The molecule has 0 atom stereocenters. The van der Waals surface area contributed by atoms with Gasteiger partial charge in [0.2, 0.25) is 0 Å². The number of anilines is 1. The molecule has 0 aliphatic rings. The molecular weight excluding hydrogens is 412 g/mol. The van der Waals surface area contributed by atoms with E-state index >= 15 is 0 Å². The van der Waals surface area contributed by atoms with Crippen molar-refractivity contribution in [3.63, 3.8) is 0 Å². The van der Waals surface area contributed by atoms with Crippen LogP contribution in [0.15, 0.2) is 78.9 Å². The summed E-state index contributed by atoms with van der Waals surface area (Å²) in [6.07, 6.45) is 0.387. The van der Waals surface area contributed by atoms with Crippen LogP contribution in [-0.2, 0) is 19.6 Å². The minimum atomic E-state index is -0.133. The number of likely N-dealkylation sites (N-methyl/N-ethyl adjacent to an activating group) is 1. The van der Waals surface area contributed by atoms with E-state index in [2.05, 4.69) is 16.3 Å². The monoisotopic (exact) mass is 442 g/mol. The van der Waals surface area contributed by atoms with Crippen LogP contribution in [0.5, 0.6) is 5.75 Å². The Labute approximate surface area is 196 Å². The highest BCUT2D eigenvalue weighted by molar-refractivity contribution is 5.89. The van der Waals surface area contributed by atoms with Crippen molar-refractivity contribution in [2.75, 3.05) is 32.5 Å². The van der Waals surface area contributed by atoms with E-state index in [0.29, 0.717) is 26.1 Å². The molecule has 1 N–H and O–H groups in total. The highest BCUT2D eigenvalue weighted by atomic mass is 16.5. The quantitative estimate of drug-likeness (QED) is 0.484. The molecule has 0 aliphatic carbocycles. The Morgan fingerprint density at radius 1 is 0.909 bits per heavy atom. The molecule has 0 heterocycles. The molecule has 3 aromatic carbocycles. The molecule has 0 radical (unpaired) electrons. The first-order valence-electron chi connectivity index (χ1n) is 11.0. The highest BCUT2D eigenvalue weighted by Gasteiger charge is 2.15. The van der Waals surface area contributed by atoms with E-state index in [1.54, 1.807) is 0 Å². The van der Waals surface area contributed by atoms with Crippen LogP contribution in [0, 0.1) is 11.3 Å². The summed E-state index contributed by atoms with van der Waals surface area (Å²) in [5, 5.41) is 11.8. The zero-order valence-corrected chi connectivity index (χ0v) is 19.2. The fraction of sp³-hybridized carbons (Fsp3) is 0.259. The first-order chi connectivity index (χ1) is 16.0. The summed E-state index contributed by atoms with van der Waals surface area (Å²) in [6.45, 7) is 2.33. The van der Waals surface area contributed by atoms with Crippen LogP contribution in [0.3, 0.4) is 0 Å². The average molecular weight is 443 g/mol. The van der Waals surface area contributed by atoms with Crippen LogP contribution >= 0.6 is 0 Å². The van der Waals surface area contributed by atoms with Crippen molar-refractivity contribution in [2.24, 2.45) is 0 Å². The van der Waals surface area contributed by atoms with Crippen LogP contribution in [0.1, 0.15) is 16.7 Å². The van der Waals surface area contributed by atoms with E-state index < -0.39 is 0 Å². The van der Waals surface area contributed by atoms with Gasteiger partial charge in [-0.1, -0.05) is 54.6 Å². The second kappa shape index (κ2) is 12.3. The lowest BCUT2D eigenvalue weighted by molar-refractivity contribution is 0.202. The smallest absolute Gasteiger partial charge is 0.322 e. The molecule has 0 bridgehead atoms. The average Bonchev–Trinajstić information content (AvgIpc) is 2.82. The molecule has 0 saturated heterocycles. The summed E-state index contributed by atoms with van der Waals surface area (Å²) in [5.74, 6) is 0.740. The first kappa shape index (κ1) is 23.8. The number of carbonyl (C=O) groups is 1. The van der Waals surface area contributed by atoms with Gasteiger partial charge in [-0.05, 0) is 55.1 Å². The summed E-state index contributed by atoms with van der Waals surface area (Å²) >= 11 is 0. The largest absolute Gasteiger partial charge is 0.489 e. The minimum absolute atomic E-state index is 0.133. The van der Waals surface area contributed by atoms with Crippen LogP contribution < -0.4 is 10.1 Å². The van der Waals surface area contributed by atoms with Crippen molar-refractivity contribution < 1.29 is 9.53 Å². The van der Waals surface area contributed by atoms with Gasteiger partial charge in [-0.2, -0.15) is 5.26 Å². The van der Waals surface area contributed by atoms with Gasteiger partial charge in [0.05, 0.1) is 12.5 Å².